The van der Waals surface area contributed by atoms with Crippen molar-refractivity contribution in [2.75, 3.05) is 26.3 Å². The lowest BCUT2D eigenvalue weighted by Gasteiger charge is -2.20. The number of hydrogen-bond acceptors (Lipinski definition) is 4. The van der Waals surface area contributed by atoms with Gasteiger partial charge >= 0.3 is 0 Å². The summed E-state index contributed by atoms with van der Waals surface area (Å²) in [5.41, 5.74) is 2.43. The number of hydrogen-bond donors (Lipinski definition) is 1. The van der Waals surface area contributed by atoms with Crippen LogP contribution < -0.4 is 14.8 Å². The second kappa shape index (κ2) is 5.68. The summed E-state index contributed by atoms with van der Waals surface area (Å²) < 4.78 is 11.1. The molecule has 0 bridgehead atoms. The Morgan fingerprint density at radius 1 is 1.29 bits per heavy atom. The molecule has 92 valence electrons. The molecule has 0 aromatic heterocycles. The van der Waals surface area contributed by atoms with Crippen LogP contribution in [0.4, 0.5) is 0 Å². The van der Waals surface area contributed by atoms with E-state index in [0.29, 0.717) is 19.8 Å². The molecule has 2 rings (SSSR count). The number of aryl methyl sites for hydroxylation is 1. The highest BCUT2D eigenvalue weighted by Crippen LogP contribution is 2.32. The second-order valence-corrected chi connectivity index (χ2v) is 4.04. The number of carbonyl (C=O) groups is 1. The zero-order chi connectivity index (χ0) is 12.1. The minimum absolute atomic E-state index is 0.406. The van der Waals surface area contributed by atoms with Crippen LogP contribution in [0.1, 0.15) is 11.1 Å². The molecule has 0 radical (unpaired) electrons. The summed E-state index contributed by atoms with van der Waals surface area (Å²) in [5, 5.41) is 3.05. The Labute approximate surface area is 101 Å². The molecule has 4 heteroatoms. The highest BCUT2D eigenvalue weighted by atomic mass is 16.6. The van der Waals surface area contributed by atoms with Crippen molar-refractivity contribution >= 4 is 6.29 Å². The van der Waals surface area contributed by atoms with Crippen LogP contribution in [-0.4, -0.2) is 32.6 Å². The fourth-order valence-electron chi connectivity index (χ4n) is 1.89. The zero-order valence-electron chi connectivity index (χ0n) is 9.99. The summed E-state index contributed by atoms with van der Waals surface area (Å²) >= 11 is 0. The molecule has 1 aliphatic heterocycles. The number of ether oxygens (including phenoxy) is 2. The van der Waals surface area contributed by atoms with Gasteiger partial charge in [0.05, 0.1) is 6.54 Å². The van der Waals surface area contributed by atoms with E-state index in [4.69, 9.17) is 9.47 Å². The lowest BCUT2D eigenvalue weighted by atomic mass is 10.0. The van der Waals surface area contributed by atoms with Gasteiger partial charge < -0.3 is 19.6 Å². The summed E-state index contributed by atoms with van der Waals surface area (Å²) in [6, 6.07) is 4.05. The lowest BCUT2D eigenvalue weighted by Crippen LogP contribution is -2.20. The SMILES string of the molecule is Cc1cc2c(cc1CCNCC=O)OCCO2. The van der Waals surface area contributed by atoms with Crippen molar-refractivity contribution in [3.8, 4) is 11.5 Å². The standard InChI is InChI=1S/C13H17NO3/c1-10-8-12-13(17-7-6-16-12)9-11(10)2-3-14-4-5-15/h5,8-9,14H,2-4,6-7H2,1H3. The number of carbonyl (C=O) groups excluding carboxylic acids is 1. The molecule has 0 saturated carbocycles. The van der Waals surface area contributed by atoms with Gasteiger partial charge in [-0.1, -0.05) is 0 Å². The third-order valence-electron chi connectivity index (χ3n) is 2.80. The Kier molecular flexibility index (Phi) is 3.98. The number of rotatable bonds is 5. The number of benzene rings is 1. The predicted molar refractivity (Wildman–Crippen MR) is 64.8 cm³/mol. The van der Waals surface area contributed by atoms with Crippen molar-refractivity contribution in [2.45, 2.75) is 13.3 Å². The molecule has 4 nitrogen and oxygen atoms in total. The first-order valence-electron chi connectivity index (χ1n) is 5.84. The molecular formula is C13H17NO3. The highest BCUT2D eigenvalue weighted by Gasteiger charge is 2.13. The minimum atomic E-state index is 0.406. The van der Waals surface area contributed by atoms with Gasteiger partial charge in [0.15, 0.2) is 11.5 Å². The molecule has 0 spiro atoms. The molecule has 1 aromatic carbocycles. The normalized spacial score (nSPS) is 13.5. The van der Waals surface area contributed by atoms with Gasteiger partial charge in [0, 0.05) is 0 Å². The van der Waals surface area contributed by atoms with Gasteiger partial charge in [-0.3, -0.25) is 0 Å². The molecular weight excluding hydrogens is 218 g/mol. The minimum Gasteiger partial charge on any atom is -0.486 e. The van der Waals surface area contributed by atoms with Crippen LogP contribution in [0.15, 0.2) is 12.1 Å². The summed E-state index contributed by atoms with van der Waals surface area (Å²) in [4.78, 5) is 10.2. The first-order chi connectivity index (χ1) is 8.31. The first kappa shape index (κ1) is 11.9. The summed E-state index contributed by atoms with van der Waals surface area (Å²) in [7, 11) is 0. The molecule has 0 atom stereocenters. The van der Waals surface area contributed by atoms with Crippen LogP contribution in [-0.2, 0) is 11.2 Å². The van der Waals surface area contributed by atoms with E-state index in [9.17, 15) is 4.79 Å². The van der Waals surface area contributed by atoms with E-state index in [0.717, 1.165) is 30.8 Å². The van der Waals surface area contributed by atoms with Crippen molar-refractivity contribution < 1.29 is 14.3 Å². The van der Waals surface area contributed by atoms with E-state index in [1.54, 1.807) is 0 Å². The zero-order valence-corrected chi connectivity index (χ0v) is 9.99. The van der Waals surface area contributed by atoms with Gasteiger partial charge in [-0.25, -0.2) is 0 Å². The lowest BCUT2D eigenvalue weighted by molar-refractivity contribution is -0.107. The molecule has 0 unspecified atom stereocenters. The third kappa shape index (κ3) is 2.97. The van der Waals surface area contributed by atoms with Gasteiger partial charge in [-0.05, 0) is 43.1 Å². The molecule has 1 N–H and O–H groups in total. The van der Waals surface area contributed by atoms with Crippen molar-refractivity contribution in [3.63, 3.8) is 0 Å². The summed E-state index contributed by atoms with van der Waals surface area (Å²) in [6.45, 7) is 4.49. The molecule has 0 saturated heterocycles. The van der Waals surface area contributed by atoms with E-state index < -0.39 is 0 Å². The van der Waals surface area contributed by atoms with Gasteiger partial charge in [-0.2, -0.15) is 0 Å². The van der Waals surface area contributed by atoms with Crippen molar-refractivity contribution in [2.24, 2.45) is 0 Å². The van der Waals surface area contributed by atoms with E-state index in [-0.39, 0.29) is 0 Å². The fraction of sp³-hybridized carbons (Fsp3) is 0.462. The Morgan fingerprint density at radius 2 is 2.00 bits per heavy atom. The average molecular weight is 235 g/mol. The van der Waals surface area contributed by atoms with Gasteiger partial charge in [-0.15, -0.1) is 0 Å². The van der Waals surface area contributed by atoms with Crippen LogP contribution in [0.3, 0.4) is 0 Å². The summed E-state index contributed by atoms with van der Waals surface area (Å²) in [5.74, 6) is 1.66. The third-order valence-corrected chi connectivity index (χ3v) is 2.80. The van der Waals surface area contributed by atoms with Crippen LogP contribution in [0.5, 0.6) is 11.5 Å². The van der Waals surface area contributed by atoms with Crippen LogP contribution in [0.25, 0.3) is 0 Å². The van der Waals surface area contributed by atoms with Crippen LogP contribution >= 0.6 is 0 Å². The maximum atomic E-state index is 10.2. The van der Waals surface area contributed by atoms with Gasteiger partial charge in [0.25, 0.3) is 0 Å². The predicted octanol–water partition coefficient (Wildman–Crippen LogP) is 1.10. The van der Waals surface area contributed by atoms with Crippen LogP contribution in [0.2, 0.25) is 0 Å². The second-order valence-electron chi connectivity index (χ2n) is 4.04. The van der Waals surface area contributed by atoms with Crippen molar-refractivity contribution in [3.05, 3.63) is 23.3 Å². The maximum absolute atomic E-state index is 10.2. The smallest absolute Gasteiger partial charge is 0.161 e. The Hall–Kier alpha value is -1.55. The van der Waals surface area contributed by atoms with Crippen molar-refractivity contribution in [1.82, 2.24) is 5.32 Å². The number of nitrogens with one attached hydrogen (secondary N) is 1. The Balaban J connectivity index is 2.03. The van der Waals surface area contributed by atoms with E-state index >= 15 is 0 Å². The highest BCUT2D eigenvalue weighted by molar-refractivity contribution is 5.52. The first-order valence-corrected chi connectivity index (χ1v) is 5.84. The topological polar surface area (TPSA) is 47.6 Å². The molecule has 0 amide bonds. The molecule has 1 aromatic rings. The van der Waals surface area contributed by atoms with E-state index in [1.807, 2.05) is 12.1 Å². The molecule has 17 heavy (non-hydrogen) atoms. The number of aldehydes is 1. The van der Waals surface area contributed by atoms with Gasteiger partial charge in [0.2, 0.25) is 0 Å². The fourth-order valence-corrected chi connectivity index (χ4v) is 1.89. The van der Waals surface area contributed by atoms with E-state index in [2.05, 4.69) is 12.2 Å². The Morgan fingerprint density at radius 3 is 2.71 bits per heavy atom. The quantitative estimate of drug-likeness (QED) is 0.613. The monoisotopic (exact) mass is 235 g/mol. The van der Waals surface area contributed by atoms with Crippen LogP contribution in [0, 0.1) is 6.92 Å². The van der Waals surface area contributed by atoms with E-state index in [1.165, 1.54) is 11.1 Å². The number of fused-ring (bicyclic) bond motifs is 1. The summed E-state index contributed by atoms with van der Waals surface area (Å²) in [6.07, 6.45) is 1.76. The molecule has 1 heterocycles. The molecule has 1 aliphatic rings. The molecule has 0 aliphatic carbocycles. The molecule has 0 fully saturated rings. The van der Waals surface area contributed by atoms with Gasteiger partial charge in [0.1, 0.15) is 19.5 Å². The Bertz CT molecular complexity index is 404. The largest absolute Gasteiger partial charge is 0.486 e. The van der Waals surface area contributed by atoms with Crippen molar-refractivity contribution in [1.29, 1.82) is 0 Å². The average Bonchev–Trinajstić information content (AvgIpc) is 2.35. The maximum Gasteiger partial charge on any atom is 0.161 e.